The van der Waals surface area contributed by atoms with Gasteiger partial charge in [-0.05, 0) is 5.92 Å². The van der Waals surface area contributed by atoms with Crippen LogP contribution in [0.4, 0.5) is 4.79 Å². The summed E-state index contributed by atoms with van der Waals surface area (Å²) in [5.41, 5.74) is 2.49. The lowest BCUT2D eigenvalue weighted by molar-refractivity contribution is -0.137. The van der Waals surface area contributed by atoms with Crippen LogP contribution in [0.3, 0.4) is 0 Å². The van der Waals surface area contributed by atoms with Crippen LogP contribution in [0.2, 0.25) is 0 Å². The van der Waals surface area contributed by atoms with Crippen molar-refractivity contribution >= 4 is 12.0 Å². The number of nitrogens with one attached hydrogen (secondary N) is 2. The number of nitrogens with zero attached hydrogens (tertiary/aromatic N) is 1. The van der Waals surface area contributed by atoms with E-state index in [1.54, 1.807) is 14.1 Å². The molecule has 0 radical (unpaired) electrons. The minimum Gasteiger partial charge on any atom is -0.481 e. The molecule has 2 amide bonds. The van der Waals surface area contributed by atoms with Gasteiger partial charge in [0.2, 0.25) is 0 Å². The minimum absolute atomic E-state index is 0.0709. The number of carbonyl (C=O) groups is 2. The smallest absolute Gasteiger partial charge is 0.329 e. The molecule has 0 fully saturated rings. The van der Waals surface area contributed by atoms with Gasteiger partial charge in [0, 0.05) is 20.1 Å². The molecular formula is C9H19N3O3. The topological polar surface area (TPSA) is 81.7 Å². The summed E-state index contributed by atoms with van der Waals surface area (Å²) in [6, 6.07) is -0.748. The number of aliphatic carboxylic acids is 1. The molecule has 6 heteroatoms. The van der Waals surface area contributed by atoms with Crippen molar-refractivity contribution in [3.63, 3.8) is 0 Å². The number of rotatable bonds is 5. The van der Waals surface area contributed by atoms with Crippen LogP contribution in [0.25, 0.3) is 0 Å². The van der Waals surface area contributed by atoms with E-state index >= 15 is 0 Å². The van der Waals surface area contributed by atoms with Crippen LogP contribution in [-0.2, 0) is 4.79 Å². The van der Waals surface area contributed by atoms with Gasteiger partial charge >= 0.3 is 12.0 Å². The van der Waals surface area contributed by atoms with Crippen LogP contribution < -0.4 is 10.7 Å². The quantitative estimate of drug-likeness (QED) is 0.577. The molecule has 0 aliphatic heterocycles. The summed E-state index contributed by atoms with van der Waals surface area (Å²) < 4.78 is 0. The zero-order valence-corrected chi connectivity index (χ0v) is 9.57. The maximum Gasteiger partial charge on any atom is 0.329 e. The summed E-state index contributed by atoms with van der Waals surface area (Å²) in [7, 11) is 3.36. The molecule has 88 valence electrons. The predicted octanol–water partition coefficient (Wildman–Crippen LogP) is 0.262. The monoisotopic (exact) mass is 217 g/mol. The third-order valence-electron chi connectivity index (χ3n) is 1.84. The van der Waals surface area contributed by atoms with E-state index in [4.69, 9.17) is 5.11 Å². The van der Waals surface area contributed by atoms with Crippen LogP contribution in [0, 0.1) is 5.92 Å². The number of hydrogen-bond donors (Lipinski definition) is 3. The molecule has 0 spiro atoms. The fraction of sp³-hybridized carbons (Fsp3) is 0.778. The third kappa shape index (κ3) is 6.73. The molecular weight excluding hydrogens is 198 g/mol. The first-order valence-electron chi connectivity index (χ1n) is 4.79. The highest BCUT2D eigenvalue weighted by molar-refractivity contribution is 5.75. The van der Waals surface area contributed by atoms with Crippen molar-refractivity contribution in [3.8, 4) is 0 Å². The van der Waals surface area contributed by atoms with Crippen LogP contribution in [0.1, 0.15) is 20.3 Å². The average Bonchev–Trinajstić information content (AvgIpc) is 1.99. The normalized spacial score (nSPS) is 12.7. The van der Waals surface area contributed by atoms with E-state index in [1.807, 2.05) is 13.8 Å². The Morgan fingerprint density at radius 3 is 2.20 bits per heavy atom. The highest BCUT2D eigenvalue weighted by atomic mass is 16.4. The Kier molecular flexibility index (Phi) is 5.69. The van der Waals surface area contributed by atoms with E-state index in [0.29, 0.717) is 0 Å². The second-order valence-electron chi connectivity index (χ2n) is 3.93. The summed E-state index contributed by atoms with van der Waals surface area (Å²) >= 11 is 0. The third-order valence-corrected chi connectivity index (χ3v) is 1.84. The van der Waals surface area contributed by atoms with Crippen molar-refractivity contribution < 1.29 is 14.7 Å². The zero-order valence-electron chi connectivity index (χ0n) is 9.57. The van der Waals surface area contributed by atoms with E-state index in [2.05, 4.69) is 10.7 Å². The lowest BCUT2D eigenvalue weighted by atomic mass is 10.0. The van der Waals surface area contributed by atoms with Crippen molar-refractivity contribution in [2.24, 2.45) is 5.92 Å². The highest BCUT2D eigenvalue weighted by Crippen LogP contribution is 2.05. The van der Waals surface area contributed by atoms with Gasteiger partial charge in [-0.3, -0.25) is 10.2 Å². The van der Waals surface area contributed by atoms with Crippen molar-refractivity contribution in [1.29, 1.82) is 0 Å². The molecule has 1 unspecified atom stereocenters. The molecule has 0 aromatic heterocycles. The molecule has 0 aromatic rings. The lowest BCUT2D eigenvalue weighted by Gasteiger charge is -2.22. The van der Waals surface area contributed by atoms with Gasteiger partial charge in [-0.15, -0.1) is 0 Å². The van der Waals surface area contributed by atoms with E-state index in [9.17, 15) is 9.59 Å². The molecule has 0 saturated carbocycles. The lowest BCUT2D eigenvalue weighted by Crippen LogP contribution is -2.49. The molecule has 0 aliphatic rings. The Labute approximate surface area is 89.6 Å². The average molecular weight is 217 g/mol. The van der Waals surface area contributed by atoms with E-state index in [0.717, 1.165) is 0 Å². The summed E-state index contributed by atoms with van der Waals surface area (Å²) in [5.74, 6) is -0.840. The summed E-state index contributed by atoms with van der Waals surface area (Å²) in [6.45, 7) is 3.73. The fourth-order valence-electron chi connectivity index (χ4n) is 1.05. The van der Waals surface area contributed by atoms with Crippen molar-refractivity contribution in [2.45, 2.75) is 26.3 Å². The standard InChI is InChI=1S/C9H19N3O3/c1-6(2)7(5-8(13)14)10-9(15)11-12(3)4/h6-7H,5H2,1-4H3,(H,13,14)(H2,10,11,15). The van der Waals surface area contributed by atoms with Crippen LogP contribution >= 0.6 is 0 Å². The molecule has 0 bridgehead atoms. The predicted molar refractivity (Wildman–Crippen MR) is 56.2 cm³/mol. The highest BCUT2D eigenvalue weighted by Gasteiger charge is 2.19. The molecule has 0 aliphatic carbocycles. The molecule has 0 aromatic carbocycles. The summed E-state index contributed by atoms with van der Waals surface area (Å²) in [4.78, 5) is 21.8. The number of carboxylic acids is 1. The maximum atomic E-state index is 11.3. The van der Waals surface area contributed by atoms with Crippen LogP contribution in [0.5, 0.6) is 0 Å². The second kappa shape index (κ2) is 6.23. The molecule has 1 atom stereocenters. The van der Waals surface area contributed by atoms with Crippen molar-refractivity contribution in [3.05, 3.63) is 0 Å². The first-order chi connectivity index (χ1) is 6.82. The Hall–Kier alpha value is -1.30. The number of amides is 2. The van der Waals surface area contributed by atoms with Crippen molar-refractivity contribution in [1.82, 2.24) is 15.8 Å². The van der Waals surface area contributed by atoms with Gasteiger partial charge < -0.3 is 10.4 Å². The minimum atomic E-state index is -0.918. The first kappa shape index (κ1) is 13.7. The SMILES string of the molecule is CC(C)C(CC(=O)O)NC(=O)NN(C)C. The summed E-state index contributed by atoms with van der Waals surface area (Å²) in [6.07, 6.45) is -0.0709. The van der Waals surface area contributed by atoms with Crippen molar-refractivity contribution in [2.75, 3.05) is 14.1 Å². The molecule has 3 N–H and O–H groups in total. The Bertz CT molecular complexity index is 229. The second-order valence-corrected chi connectivity index (χ2v) is 3.93. The molecule has 6 nitrogen and oxygen atoms in total. The van der Waals surface area contributed by atoms with Crippen LogP contribution in [0.15, 0.2) is 0 Å². The Morgan fingerprint density at radius 1 is 1.33 bits per heavy atom. The van der Waals surface area contributed by atoms with Gasteiger partial charge in [0.05, 0.1) is 6.42 Å². The Balaban J connectivity index is 4.16. The van der Waals surface area contributed by atoms with Gasteiger partial charge in [0.25, 0.3) is 0 Å². The van der Waals surface area contributed by atoms with E-state index < -0.39 is 5.97 Å². The van der Waals surface area contributed by atoms with Gasteiger partial charge in [-0.1, -0.05) is 13.8 Å². The van der Waals surface area contributed by atoms with Gasteiger partial charge in [-0.2, -0.15) is 0 Å². The number of carbonyl (C=O) groups excluding carboxylic acids is 1. The molecule has 0 saturated heterocycles. The first-order valence-corrected chi connectivity index (χ1v) is 4.79. The van der Waals surface area contributed by atoms with E-state index in [1.165, 1.54) is 5.01 Å². The number of urea groups is 1. The van der Waals surface area contributed by atoms with E-state index in [-0.39, 0.29) is 24.4 Å². The molecule has 0 rings (SSSR count). The number of hydrogen-bond acceptors (Lipinski definition) is 3. The van der Waals surface area contributed by atoms with Gasteiger partial charge in [-0.25, -0.2) is 9.80 Å². The largest absolute Gasteiger partial charge is 0.481 e. The van der Waals surface area contributed by atoms with Gasteiger partial charge in [0.1, 0.15) is 0 Å². The number of hydrazine groups is 1. The van der Waals surface area contributed by atoms with Crippen LogP contribution in [-0.4, -0.2) is 42.3 Å². The zero-order chi connectivity index (χ0) is 12.0. The molecule has 0 heterocycles. The fourth-order valence-corrected chi connectivity index (χ4v) is 1.05. The van der Waals surface area contributed by atoms with Gasteiger partial charge in [0.15, 0.2) is 0 Å². The molecule has 15 heavy (non-hydrogen) atoms. The summed E-state index contributed by atoms with van der Waals surface area (Å²) in [5, 5.41) is 12.7. The Morgan fingerprint density at radius 2 is 1.87 bits per heavy atom. The maximum absolute atomic E-state index is 11.3. The number of carboxylic acid groups (broad SMARTS) is 1.